The Morgan fingerprint density at radius 3 is 2.07 bits per heavy atom. The van der Waals surface area contributed by atoms with Crippen LogP contribution in [0.15, 0.2) is 133 Å². The van der Waals surface area contributed by atoms with E-state index >= 15 is 0 Å². The average Bonchev–Trinajstić information content (AvgIpc) is 3.71. The number of hydrogen-bond donors (Lipinski definition) is 0. The van der Waals surface area contributed by atoms with Crippen LogP contribution in [0.2, 0.25) is 0 Å². The molecule has 0 bridgehead atoms. The number of thiophene rings is 1. The Balaban J connectivity index is 1.13. The van der Waals surface area contributed by atoms with Gasteiger partial charge in [0, 0.05) is 53.9 Å². The van der Waals surface area contributed by atoms with Gasteiger partial charge in [0.15, 0.2) is 0 Å². The highest BCUT2D eigenvalue weighted by atomic mass is 32.1. The summed E-state index contributed by atoms with van der Waals surface area (Å²) in [5.41, 5.74) is 8.22. The van der Waals surface area contributed by atoms with Gasteiger partial charge in [-0.15, -0.1) is 22.7 Å². The van der Waals surface area contributed by atoms with Crippen molar-refractivity contribution in [3.8, 4) is 32.3 Å². The van der Waals surface area contributed by atoms with E-state index in [-0.39, 0.29) is 0 Å². The second-order valence-electron chi connectivity index (χ2n) is 10.4. The predicted octanol–water partition coefficient (Wildman–Crippen LogP) is 11.4. The smallest absolute Gasteiger partial charge is 0.124 e. The van der Waals surface area contributed by atoms with Crippen LogP contribution >= 0.6 is 22.7 Å². The van der Waals surface area contributed by atoms with Crippen LogP contribution in [0.3, 0.4) is 0 Å². The third kappa shape index (κ3) is 3.51. The van der Waals surface area contributed by atoms with Crippen LogP contribution < -0.4 is 4.90 Å². The molecule has 0 saturated carbocycles. The molecule has 2 aromatic heterocycles. The molecule has 6 aromatic carbocycles. The number of aromatic nitrogens is 1. The minimum absolute atomic E-state index is 1.06. The van der Waals surface area contributed by atoms with E-state index in [9.17, 15) is 0 Å². The molecule has 2 nitrogen and oxygen atoms in total. The summed E-state index contributed by atoms with van der Waals surface area (Å²) >= 11 is 3.64. The molecule has 0 atom stereocenters. The van der Waals surface area contributed by atoms with Crippen molar-refractivity contribution in [2.24, 2.45) is 0 Å². The van der Waals surface area contributed by atoms with Gasteiger partial charge in [-0.25, -0.2) is 4.98 Å². The van der Waals surface area contributed by atoms with Crippen molar-refractivity contribution in [2.45, 2.75) is 0 Å². The Kier molecular flexibility index (Phi) is 4.97. The summed E-state index contributed by atoms with van der Waals surface area (Å²) in [5.74, 6) is 0. The lowest BCUT2D eigenvalue weighted by atomic mass is 10.0. The van der Waals surface area contributed by atoms with Crippen molar-refractivity contribution in [1.82, 2.24) is 4.98 Å². The first-order chi connectivity index (χ1) is 20.3. The molecule has 0 amide bonds. The van der Waals surface area contributed by atoms with Gasteiger partial charge < -0.3 is 4.90 Å². The number of nitrogens with zero attached hydrogens (tertiary/aromatic N) is 2. The van der Waals surface area contributed by atoms with Crippen LogP contribution in [0.25, 0.3) is 63.2 Å². The van der Waals surface area contributed by atoms with E-state index in [0.717, 1.165) is 33.3 Å². The summed E-state index contributed by atoms with van der Waals surface area (Å²) < 4.78 is 2.64. The second kappa shape index (κ2) is 8.87. The van der Waals surface area contributed by atoms with E-state index in [0.29, 0.717) is 0 Å². The predicted molar refractivity (Wildman–Crippen MR) is 177 cm³/mol. The minimum Gasteiger partial charge on any atom is -0.310 e. The van der Waals surface area contributed by atoms with Crippen molar-refractivity contribution in [1.29, 1.82) is 0 Å². The lowest BCUT2D eigenvalue weighted by Gasteiger charge is -2.25. The maximum Gasteiger partial charge on any atom is 0.124 e. The number of benzene rings is 6. The Hall–Kier alpha value is -4.77. The van der Waals surface area contributed by atoms with Crippen molar-refractivity contribution in [3.63, 3.8) is 0 Å². The fourth-order valence-corrected chi connectivity index (χ4v) is 8.37. The SMILES string of the molecule is c1ccc(N(c2ccc(-c3nc4c(s3)-c3cccc5cccc-4c35)cc2)c2ccc3sc4ccccc4c3c2)cc1. The first-order valence-electron chi connectivity index (χ1n) is 13.7. The zero-order valence-corrected chi connectivity index (χ0v) is 23.5. The molecule has 9 rings (SSSR count). The Morgan fingerprint density at radius 1 is 0.512 bits per heavy atom. The van der Waals surface area contributed by atoms with Gasteiger partial charge in [-0.3, -0.25) is 0 Å². The van der Waals surface area contributed by atoms with E-state index in [1.165, 1.54) is 46.9 Å². The number of thiazole rings is 1. The Bertz CT molecular complexity index is 2200. The maximum atomic E-state index is 5.15. The number of anilines is 3. The van der Waals surface area contributed by atoms with Crippen LogP contribution in [0, 0.1) is 0 Å². The van der Waals surface area contributed by atoms with Gasteiger partial charge in [0.1, 0.15) is 5.01 Å². The topological polar surface area (TPSA) is 16.1 Å². The summed E-state index contributed by atoms with van der Waals surface area (Å²) in [6.07, 6.45) is 0. The van der Waals surface area contributed by atoms with E-state index in [2.05, 4.69) is 138 Å². The van der Waals surface area contributed by atoms with Crippen LogP contribution in [0.5, 0.6) is 0 Å². The van der Waals surface area contributed by atoms with Gasteiger partial charge in [0.05, 0.1) is 10.6 Å². The van der Waals surface area contributed by atoms with Crippen molar-refractivity contribution in [3.05, 3.63) is 133 Å². The maximum absolute atomic E-state index is 5.15. The highest BCUT2D eigenvalue weighted by Crippen LogP contribution is 2.51. The zero-order valence-electron chi connectivity index (χ0n) is 21.9. The van der Waals surface area contributed by atoms with Gasteiger partial charge in [0.2, 0.25) is 0 Å². The van der Waals surface area contributed by atoms with Gasteiger partial charge in [0.25, 0.3) is 0 Å². The standard InChI is InChI=1S/C37H22N2S2/c1-2-10-25(11-3-1)39(27-20-21-33-31(22-27)28-12-4-5-15-32(28)40-33)26-18-16-24(17-19-26)37-38-35-29-13-6-8-23-9-7-14-30(34(23)29)36(35)41-37/h1-22H. The van der Waals surface area contributed by atoms with Crippen LogP contribution in [-0.2, 0) is 0 Å². The van der Waals surface area contributed by atoms with E-state index < -0.39 is 0 Å². The van der Waals surface area contributed by atoms with E-state index in [4.69, 9.17) is 4.98 Å². The molecule has 0 aliphatic heterocycles. The van der Waals surface area contributed by atoms with Crippen LogP contribution in [-0.4, -0.2) is 4.98 Å². The van der Waals surface area contributed by atoms with Crippen molar-refractivity contribution < 1.29 is 0 Å². The van der Waals surface area contributed by atoms with Crippen LogP contribution in [0.1, 0.15) is 0 Å². The van der Waals surface area contributed by atoms with Gasteiger partial charge in [-0.1, -0.05) is 72.8 Å². The first-order valence-corrected chi connectivity index (χ1v) is 15.4. The zero-order chi connectivity index (χ0) is 26.9. The monoisotopic (exact) mass is 558 g/mol. The van der Waals surface area contributed by atoms with E-state index in [1.54, 1.807) is 11.3 Å². The molecule has 0 unspecified atom stereocenters. The molecule has 0 saturated heterocycles. The number of fused-ring (bicyclic) bond motifs is 6. The number of rotatable bonds is 4. The first kappa shape index (κ1) is 23.0. The molecule has 2 heterocycles. The fraction of sp³-hybridized carbons (Fsp3) is 0. The second-order valence-corrected chi connectivity index (χ2v) is 12.5. The molecule has 41 heavy (non-hydrogen) atoms. The Labute approximate surface area is 245 Å². The fourth-order valence-electron chi connectivity index (χ4n) is 6.17. The molecule has 4 heteroatoms. The van der Waals surface area contributed by atoms with Crippen molar-refractivity contribution in [2.75, 3.05) is 4.90 Å². The quantitative estimate of drug-likeness (QED) is 0.214. The summed E-state index contributed by atoms with van der Waals surface area (Å²) in [6.45, 7) is 0. The molecule has 1 aliphatic carbocycles. The lowest BCUT2D eigenvalue weighted by molar-refractivity contribution is 1.29. The average molecular weight is 559 g/mol. The molecule has 0 N–H and O–H groups in total. The normalized spacial score (nSPS) is 11.9. The summed E-state index contributed by atoms with van der Waals surface area (Å²) in [6, 6.07) is 48.1. The van der Waals surface area contributed by atoms with Crippen LogP contribution in [0.4, 0.5) is 17.1 Å². The molecular formula is C37H22N2S2. The number of para-hydroxylation sites is 1. The molecule has 0 fully saturated rings. The largest absolute Gasteiger partial charge is 0.310 e. The third-order valence-electron chi connectivity index (χ3n) is 8.04. The van der Waals surface area contributed by atoms with Crippen molar-refractivity contribution >= 4 is 70.7 Å². The molecule has 192 valence electrons. The molecule has 8 aromatic rings. The third-order valence-corrected chi connectivity index (χ3v) is 10.3. The molecular weight excluding hydrogens is 537 g/mol. The molecule has 1 aliphatic rings. The minimum atomic E-state index is 1.06. The molecule has 0 radical (unpaired) electrons. The highest BCUT2D eigenvalue weighted by molar-refractivity contribution is 7.25. The molecule has 0 spiro atoms. The van der Waals surface area contributed by atoms with E-state index in [1.807, 2.05) is 11.3 Å². The van der Waals surface area contributed by atoms with Gasteiger partial charge in [-0.05, 0) is 71.4 Å². The van der Waals surface area contributed by atoms with Gasteiger partial charge >= 0.3 is 0 Å². The van der Waals surface area contributed by atoms with Gasteiger partial charge in [-0.2, -0.15) is 0 Å². The lowest BCUT2D eigenvalue weighted by Crippen LogP contribution is -2.09. The summed E-state index contributed by atoms with van der Waals surface area (Å²) in [4.78, 5) is 8.77. The summed E-state index contributed by atoms with van der Waals surface area (Å²) in [5, 5.41) is 6.29. The summed E-state index contributed by atoms with van der Waals surface area (Å²) in [7, 11) is 0. The number of hydrogen-bond acceptors (Lipinski definition) is 4. The Morgan fingerprint density at radius 2 is 1.22 bits per heavy atom. The highest BCUT2D eigenvalue weighted by Gasteiger charge is 2.26.